The quantitative estimate of drug-likeness (QED) is 0.493. The molecule has 1 fully saturated rings. The van der Waals surface area contributed by atoms with Crippen LogP contribution in [0.5, 0.6) is 0 Å². The fourth-order valence-electron chi connectivity index (χ4n) is 3.73. The van der Waals surface area contributed by atoms with Gasteiger partial charge in [-0.05, 0) is 74.4 Å². The molecule has 3 rings (SSSR count). The van der Waals surface area contributed by atoms with E-state index >= 15 is 0 Å². The topological polar surface area (TPSA) is 76.4 Å². The number of nitriles is 1. The molecule has 1 aliphatic rings. The number of anilines is 2. The summed E-state index contributed by atoms with van der Waals surface area (Å²) in [7, 11) is 1.37. The van der Waals surface area contributed by atoms with Gasteiger partial charge < -0.3 is 10.2 Å². The van der Waals surface area contributed by atoms with Gasteiger partial charge in [0.05, 0.1) is 22.9 Å². The highest BCUT2D eigenvalue weighted by molar-refractivity contribution is 7.81. The Morgan fingerprint density at radius 1 is 1.18 bits per heavy atom. The number of nitrogens with one attached hydrogen (secondary N) is 1. The number of amides is 2. The van der Waals surface area contributed by atoms with Crippen LogP contribution in [0.3, 0.4) is 0 Å². The minimum absolute atomic E-state index is 0.0198. The zero-order chi connectivity index (χ0) is 25.4. The van der Waals surface area contributed by atoms with Gasteiger partial charge in [0.2, 0.25) is 0 Å². The highest BCUT2D eigenvalue weighted by atomic mass is 32.1. The molecule has 11 heteroatoms. The lowest BCUT2D eigenvalue weighted by Gasteiger charge is -2.29. The van der Waals surface area contributed by atoms with E-state index in [4.69, 9.17) is 12.2 Å². The second-order valence-electron chi connectivity index (χ2n) is 8.13. The molecule has 0 radical (unpaired) electrons. The van der Waals surface area contributed by atoms with Gasteiger partial charge in [-0.1, -0.05) is 0 Å². The SMILES string of the molecule is CNC(=O)c1ccc(N2C(=S)N(c3ccc(C#N)c(CCC(F)(F)F)c3)C(=O)C2(C)C)cc1F. The summed E-state index contributed by atoms with van der Waals surface area (Å²) in [5, 5.41) is 11.6. The number of thiocarbonyl (C=S) groups is 1. The minimum atomic E-state index is -4.41. The first-order chi connectivity index (χ1) is 15.8. The van der Waals surface area contributed by atoms with E-state index in [0.717, 1.165) is 11.0 Å². The Labute approximate surface area is 198 Å². The Bertz CT molecular complexity index is 1220. The maximum Gasteiger partial charge on any atom is 0.389 e. The molecule has 1 aliphatic heterocycles. The first kappa shape index (κ1) is 25.1. The first-order valence-corrected chi connectivity index (χ1v) is 10.5. The molecule has 0 aromatic heterocycles. The van der Waals surface area contributed by atoms with Gasteiger partial charge >= 0.3 is 6.18 Å². The summed E-state index contributed by atoms with van der Waals surface area (Å²) in [5.74, 6) is -1.91. The fourth-order valence-corrected chi connectivity index (χ4v) is 4.25. The van der Waals surface area contributed by atoms with Gasteiger partial charge in [0.25, 0.3) is 11.8 Å². The number of carbonyl (C=O) groups excluding carboxylic acids is 2. The molecule has 1 saturated heterocycles. The third kappa shape index (κ3) is 4.59. The number of alkyl halides is 3. The van der Waals surface area contributed by atoms with Crippen LogP contribution in [0.1, 0.15) is 41.8 Å². The van der Waals surface area contributed by atoms with Crippen molar-refractivity contribution in [3.63, 3.8) is 0 Å². The Hall–Kier alpha value is -3.52. The third-order valence-electron chi connectivity index (χ3n) is 5.50. The standard InChI is InChI=1S/C23H20F4N4O2S/c1-22(2)20(33)30(15-5-4-14(12-28)13(10-15)8-9-23(25,26)27)21(34)31(22)16-6-7-17(18(24)11-16)19(32)29-3/h4-7,10-11H,8-9H2,1-3H3,(H,29,32). The molecule has 0 saturated carbocycles. The number of rotatable bonds is 5. The van der Waals surface area contributed by atoms with E-state index in [9.17, 15) is 32.4 Å². The fraction of sp³-hybridized carbons (Fsp3) is 0.304. The van der Waals surface area contributed by atoms with E-state index in [1.165, 1.54) is 42.3 Å². The lowest BCUT2D eigenvalue weighted by Crippen LogP contribution is -2.44. The number of aryl methyl sites for hydroxylation is 1. The molecular formula is C23H20F4N4O2S. The molecule has 6 nitrogen and oxygen atoms in total. The smallest absolute Gasteiger partial charge is 0.355 e. The van der Waals surface area contributed by atoms with E-state index in [1.54, 1.807) is 13.8 Å². The van der Waals surface area contributed by atoms with Gasteiger partial charge in [-0.25, -0.2) is 4.39 Å². The molecule has 2 amide bonds. The zero-order valence-corrected chi connectivity index (χ0v) is 19.3. The largest absolute Gasteiger partial charge is 0.389 e. The van der Waals surface area contributed by atoms with Crippen LogP contribution in [0.4, 0.5) is 28.9 Å². The second kappa shape index (κ2) is 9.02. The van der Waals surface area contributed by atoms with Crippen molar-refractivity contribution in [1.82, 2.24) is 5.32 Å². The van der Waals surface area contributed by atoms with Crippen LogP contribution in [-0.2, 0) is 11.2 Å². The molecule has 34 heavy (non-hydrogen) atoms. The number of halogens is 4. The van der Waals surface area contributed by atoms with Gasteiger partial charge in [0.1, 0.15) is 11.4 Å². The van der Waals surface area contributed by atoms with Crippen LogP contribution in [0.2, 0.25) is 0 Å². The van der Waals surface area contributed by atoms with Gasteiger partial charge in [-0.3, -0.25) is 14.5 Å². The van der Waals surface area contributed by atoms with Crippen molar-refractivity contribution in [3.05, 3.63) is 58.9 Å². The van der Waals surface area contributed by atoms with Gasteiger partial charge in [0.15, 0.2) is 5.11 Å². The van der Waals surface area contributed by atoms with Crippen molar-refractivity contribution in [2.75, 3.05) is 16.8 Å². The molecule has 0 unspecified atom stereocenters. The molecule has 0 bridgehead atoms. The normalized spacial score (nSPS) is 15.5. The maximum atomic E-state index is 14.6. The van der Waals surface area contributed by atoms with Crippen LogP contribution in [0.15, 0.2) is 36.4 Å². The van der Waals surface area contributed by atoms with Crippen molar-refractivity contribution >= 4 is 40.5 Å². The zero-order valence-electron chi connectivity index (χ0n) is 18.5. The maximum absolute atomic E-state index is 14.6. The summed E-state index contributed by atoms with van der Waals surface area (Å²) >= 11 is 5.52. The van der Waals surface area contributed by atoms with Crippen molar-refractivity contribution in [2.45, 2.75) is 38.4 Å². The Balaban J connectivity index is 2.02. The number of hydrogen-bond acceptors (Lipinski definition) is 4. The minimum Gasteiger partial charge on any atom is -0.355 e. The van der Waals surface area contributed by atoms with Gasteiger partial charge in [-0.15, -0.1) is 0 Å². The van der Waals surface area contributed by atoms with Crippen LogP contribution in [0, 0.1) is 17.1 Å². The molecule has 0 aliphatic carbocycles. The van der Waals surface area contributed by atoms with Crippen molar-refractivity contribution in [3.8, 4) is 6.07 Å². The highest BCUT2D eigenvalue weighted by Crippen LogP contribution is 2.37. The number of benzene rings is 2. The van der Waals surface area contributed by atoms with Crippen molar-refractivity contribution in [2.24, 2.45) is 0 Å². The molecule has 0 atom stereocenters. The Kier molecular flexibility index (Phi) is 6.66. The molecule has 1 heterocycles. The highest BCUT2D eigenvalue weighted by Gasteiger charge is 2.50. The molecule has 0 spiro atoms. The monoisotopic (exact) mass is 492 g/mol. The van der Waals surface area contributed by atoms with Crippen LogP contribution in [-0.4, -0.2) is 35.7 Å². The predicted molar refractivity (Wildman–Crippen MR) is 122 cm³/mol. The number of carbonyl (C=O) groups is 2. The molecule has 2 aromatic carbocycles. The van der Waals surface area contributed by atoms with E-state index in [-0.39, 0.29) is 33.2 Å². The number of hydrogen-bond donors (Lipinski definition) is 1. The summed E-state index contributed by atoms with van der Waals surface area (Å²) in [4.78, 5) is 27.7. The summed E-state index contributed by atoms with van der Waals surface area (Å²) in [5.41, 5.74) is -0.832. The van der Waals surface area contributed by atoms with Crippen molar-refractivity contribution < 1.29 is 27.2 Å². The number of nitrogens with zero attached hydrogens (tertiary/aromatic N) is 3. The average molecular weight is 492 g/mol. The summed E-state index contributed by atoms with van der Waals surface area (Å²) < 4.78 is 52.8. The summed E-state index contributed by atoms with van der Waals surface area (Å²) in [6, 6.07) is 9.77. The second-order valence-corrected chi connectivity index (χ2v) is 8.49. The Morgan fingerprint density at radius 2 is 1.82 bits per heavy atom. The van der Waals surface area contributed by atoms with Gasteiger partial charge in [-0.2, -0.15) is 18.4 Å². The van der Waals surface area contributed by atoms with Crippen LogP contribution < -0.4 is 15.1 Å². The van der Waals surface area contributed by atoms with Crippen LogP contribution >= 0.6 is 12.2 Å². The van der Waals surface area contributed by atoms with E-state index in [2.05, 4.69) is 5.32 Å². The summed E-state index contributed by atoms with van der Waals surface area (Å²) in [6.07, 6.45) is -5.97. The summed E-state index contributed by atoms with van der Waals surface area (Å²) in [6.45, 7) is 3.14. The van der Waals surface area contributed by atoms with Crippen molar-refractivity contribution in [1.29, 1.82) is 5.26 Å². The first-order valence-electron chi connectivity index (χ1n) is 10.1. The van der Waals surface area contributed by atoms with E-state index in [0.29, 0.717) is 0 Å². The van der Waals surface area contributed by atoms with Gasteiger partial charge in [0, 0.05) is 19.2 Å². The van der Waals surface area contributed by atoms with E-state index in [1.807, 2.05) is 6.07 Å². The average Bonchev–Trinajstić information content (AvgIpc) is 2.94. The van der Waals surface area contributed by atoms with Crippen LogP contribution in [0.25, 0.3) is 0 Å². The third-order valence-corrected chi connectivity index (χ3v) is 5.86. The molecular weight excluding hydrogens is 472 g/mol. The molecule has 2 aromatic rings. The van der Waals surface area contributed by atoms with E-state index < -0.39 is 42.2 Å². The predicted octanol–water partition coefficient (Wildman–Crippen LogP) is 4.47. The lowest BCUT2D eigenvalue weighted by molar-refractivity contribution is -0.134. The Morgan fingerprint density at radius 3 is 2.38 bits per heavy atom. The molecule has 1 N–H and O–H groups in total. The lowest BCUT2D eigenvalue weighted by atomic mass is 10.0. The molecule has 178 valence electrons.